The third-order valence-electron chi connectivity index (χ3n) is 3.51. The second kappa shape index (κ2) is 9.75. The summed E-state index contributed by atoms with van der Waals surface area (Å²) in [5.41, 5.74) is 0.988. The smallest absolute Gasteiger partial charge is 0.285 e. The lowest BCUT2D eigenvalue weighted by Crippen LogP contribution is -2.06. The average Bonchev–Trinajstić information content (AvgIpc) is 3.16. The van der Waals surface area contributed by atoms with E-state index in [4.69, 9.17) is 39.0 Å². The van der Waals surface area contributed by atoms with Crippen LogP contribution < -0.4 is 4.18 Å². The predicted octanol–water partition coefficient (Wildman–Crippen LogP) is 7.17. The number of carbonyl (C=O) groups excluding carboxylic acids is 1. The molecule has 140 valence electrons. The highest BCUT2D eigenvalue weighted by molar-refractivity contribution is 8.37. The van der Waals surface area contributed by atoms with Crippen LogP contribution in [0.1, 0.15) is 10.8 Å². The Hall–Kier alpha value is -1.31. The van der Waals surface area contributed by atoms with E-state index in [1.54, 1.807) is 30.7 Å². The zero-order chi connectivity index (χ0) is 19.2. The van der Waals surface area contributed by atoms with E-state index in [1.165, 1.54) is 11.8 Å². The van der Waals surface area contributed by atoms with Crippen molar-refractivity contribution in [2.24, 2.45) is 0 Å². The predicted molar refractivity (Wildman–Crippen MR) is 114 cm³/mol. The van der Waals surface area contributed by atoms with Crippen LogP contribution in [0.3, 0.4) is 0 Å². The SMILES string of the molecule is O=C(SOc1ccc(Cl)c(Cl)c1)SC(Cn1ccnc1)c1ccc(Cl)cc1. The van der Waals surface area contributed by atoms with Gasteiger partial charge in [-0.15, -0.1) is 0 Å². The molecule has 9 heteroatoms. The molecule has 3 aromatic rings. The lowest BCUT2D eigenvalue weighted by molar-refractivity contribution is 0.275. The molecule has 1 atom stereocenters. The number of thioether (sulfide) groups is 1. The molecule has 0 radical (unpaired) electrons. The second-order valence-corrected chi connectivity index (χ2v) is 8.80. The molecule has 0 fully saturated rings. The minimum absolute atomic E-state index is 0.117. The number of benzene rings is 2. The van der Waals surface area contributed by atoms with Crippen molar-refractivity contribution in [3.63, 3.8) is 0 Å². The summed E-state index contributed by atoms with van der Waals surface area (Å²) in [4.78, 5) is 16.5. The fourth-order valence-corrected chi connectivity index (χ4v) is 4.28. The van der Waals surface area contributed by atoms with Crippen LogP contribution in [-0.2, 0) is 6.54 Å². The molecule has 0 spiro atoms. The van der Waals surface area contributed by atoms with Gasteiger partial charge in [0.05, 0.1) is 21.6 Å². The van der Waals surface area contributed by atoms with Gasteiger partial charge in [0.2, 0.25) is 0 Å². The van der Waals surface area contributed by atoms with Crippen molar-refractivity contribution in [2.75, 3.05) is 0 Å². The quantitative estimate of drug-likeness (QED) is 0.366. The molecule has 2 aromatic carbocycles. The average molecular weight is 460 g/mol. The summed E-state index contributed by atoms with van der Waals surface area (Å²) in [7, 11) is 0. The minimum Gasteiger partial charge on any atom is -0.417 e. The molecule has 1 aromatic heterocycles. The Bertz CT molecular complexity index is 905. The Kier molecular flexibility index (Phi) is 7.38. The topological polar surface area (TPSA) is 44.1 Å². The second-order valence-electron chi connectivity index (χ2n) is 5.41. The highest BCUT2D eigenvalue weighted by Gasteiger charge is 2.19. The summed E-state index contributed by atoms with van der Waals surface area (Å²) in [6, 6.07) is 12.3. The maximum Gasteiger partial charge on any atom is 0.285 e. The molecule has 3 rings (SSSR count). The lowest BCUT2D eigenvalue weighted by atomic mass is 10.1. The first-order chi connectivity index (χ1) is 13.0. The van der Waals surface area contributed by atoms with Gasteiger partial charge in [0.25, 0.3) is 4.45 Å². The van der Waals surface area contributed by atoms with Crippen LogP contribution in [0.5, 0.6) is 5.75 Å². The van der Waals surface area contributed by atoms with Crippen molar-refractivity contribution >= 4 is 63.1 Å². The van der Waals surface area contributed by atoms with Crippen molar-refractivity contribution < 1.29 is 8.98 Å². The Morgan fingerprint density at radius 1 is 1.11 bits per heavy atom. The summed E-state index contributed by atoms with van der Waals surface area (Å²) in [6.45, 7) is 0.589. The molecule has 0 aliphatic rings. The molecule has 0 N–H and O–H groups in total. The number of carbonyl (C=O) groups is 1. The largest absolute Gasteiger partial charge is 0.417 e. The van der Waals surface area contributed by atoms with Gasteiger partial charge in [-0.05, 0) is 29.8 Å². The van der Waals surface area contributed by atoms with Crippen LogP contribution in [0.2, 0.25) is 15.1 Å². The van der Waals surface area contributed by atoms with Crippen LogP contribution in [0, 0.1) is 0 Å². The zero-order valence-electron chi connectivity index (χ0n) is 13.7. The molecule has 0 aliphatic carbocycles. The van der Waals surface area contributed by atoms with Gasteiger partial charge < -0.3 is 8.75 Å². The number of nitrogens with zero attached hydrogens (tertiary/aromatic N) is 2. The molecular formula is C18H13Cl3N2O2S2. The van der Waals surface area contributed by atoms with E-state index in [1.807, 2.05) is 35.0 Å². The number of halogens is 3. The van der Waals surface area contributed by atoms with Crippen molar-refractivity contribution in [2.45, 2.75) is 11.8 Å². The van der Waals surface area contributed by atoms with Crippen molar-refractivity contribution in [1.82, 2.24) is 9.55 Å². The fraction of sp³-hybridized carbons (Fsp3) is 0.111. The monoisotopic (exact) mass is 458 g/mol. The molecular weight excluding hydrogens is 447 g/mol. The first kappa shape index (κ1) is 20.4. The van der Waals surface area contributed by atoms with E-state index in [2.05, 4.69) is 4.98 Å². The van der Waals surface area contributed by atoms with Crippen LogP contribution in [-0.4, -0.2) is 14.0 Å². The highest BCUT2D eigenvalue weighted by atomic mass is 35.5. The normalized spacial score (nSPS) is 12.0. The maximum atomic E-state index is 12.4. The molecule has 0 saturated carbocycles. The van der Waals surface area contributed by atoms with Gasteiger partial charge in [0, 0.05) is 30.0 Å². The third-order valence-corrected chi connectivity index (χ3v) is 6.31. The van der Waals surface area contributed by atoms with Crippen molar-refractivity contribution in [3.8, 4) is 5.75 Å². The Morgan fingerprint density at radius 2 is 1.89 bits per heavy atom. The standard InChI is InChI=1S/C18H13Cl3N2O2S2/c19-13-3-1-12(2-4-13)17(10-23-8-7-22-11-23)26-18(24)27-25-14-5-6-15(20)16(21)9-14/h1-9,11,17H,10H2. The van der Waals surface area contributed by atoms with Crippen LogP contribution >= 0.6 is 58.6 Å². The molecule has 0 bridgehead atoms. The molecule has 1 unspecified atom stereocenters. The number of aromatic nitrogens is 2. The van der Waals surface area contributed by atoms with E-state index in [0.29, 0.717) is 27.4 Å². The van der Waals surface area contributed by atoms with Crippen molar-refractivity contribution in [1.29, 1.82) is 0 Å². The Balaban J connectivity index is 1.66. The first-order valence-corrected chi connectivity index (χ1v) is 10.5. The number of hydrogen-bond donors (Lipinski definition) is 0. The summed E-state index contributed by atoms with van der Waals surface area (Å²) >= 11 is 19.7. The van der Waals surface area contributed by atoms with Crippen LogP contribution in [0.4, 0.5) is 4.79 Å². The van der Waals surface area contributed by atoms with Gasteiger partial charge in [0.15, 0.2) is 0 Å². The number of rotatable bonds is 6. The summed E-state index contributed by atoms with van der Waals surface area (Å²) < 4.78 is 7.20. The first-order valence-electron chi connectivity index (χ1n) is 7.72. The lowest BCUT2D eigenvalue weighted by Gasteiger charge is -2.16. The molecule has 27 heavy (non-hydrogen) atoms. The zero-order valence-corrected chi connectivity index (χ0v) is 17.6. The van der Waals surface area contributed by atoms with Crippen LogP contribution in [0.25, 0.3) is 0 Å². The molecule has 0 aliphatic heterocycles. The molecule has 0 saturated heterocycles. The van der Waals surface area contributed by atoms with Gasteiger partial charge in [-0.2, -0.15) is 0 Å². The van der Waals surface area contributed by atoms with E-state index in [0.717, 1.165) is 17.6 Å². The maximum absolute atomic E-state index is 12.4. The van der Waals surface area contributed by atoms with Crippen LogP contribution in [0.15, 0.2) is 61.2 Å². The van der Waals surface area contributed by atoms with Crippen molar-refractivity contribution in [3.05, 3.63) is 81.8 Å². The Morgan fingerprint density at radius 3 is 2.56 bits per heavy atom. The van der Waals surface area contributed by atoms with Gasteiger partial charge in [0.1, 0.15) is 17.8 Å². The van der Waals surface area contributed by atoms with E-state index >= 15 is 0 Å². The summed E-state index contributed by atoms with van der Waals surface area (Å²) in [5, 5.41) is 1.33. The molecule has 4 nitrogen and oxygen atoms in total. The van der Waals surface area contributed by atoms with E-state index < -0.39 is 0 Å². The van der Waals surface area contributed by atoms with E-state index in [9.17, 15) is 4.79 Å². The summed E-state index contributed by atoms with van der Waals surface area (Å²) in [5.74, 6) is 0.459. The van der Waals surface area contributed by atoms with Gasteiger partial charge >= 0.3 is 0 Å². The summed E-state index contributed by atoms with van der Waals surface area (Å²) in [6.07, 6.45) is 5.27. The highest BCUT2D eigenvalue weighted by Crippen LogP contribution is 2.36. The fourth-order valence-electron chi connectivity index (χ4n) is 2.22. The number of imidazole rings is 1. The molecule has 1 heterocycles. The third kappa shape index (κ3) is 6.09. The Labute approximate surface area is 180 Å². The van der Waals surface area contributed by atoms with Gasteiger partial charge in [-0.1, -0.05) is 58.7 Å². The number of hydrogen-bond acceptors (Lipinski definition) is 5. The van der Waals surface area contributed by atoms with Gasteiger partial charge in [-0.25, -0.2) is 4.98 Å². The molecule has 0 amide bonds. The minimum atomic E-state index is -0.180. The van der Waals surface area contributed by atoms with Gasteiger partial charge in [-0.3, -0.25) is 4.79 Å². The van der Waals surface area contributed by atoms with E-state index in [-0.39, 0.29) is 9.70 Å².